The standard InChI is InChI=1S/C4H5N3O.C4H8OS.CH4O/c5-3-1-2-6-4(8)7-3;1-4-5-2-3-6-4;1-2/h1-2H,(H3,5,6,7,8);4H,2-3H2,1H3;2H,1H3. The highest BCUT2D eigenvalue weighted by Gasteiger charge is 2.07. The van der Waals surface area contributed by atoms with Crippen molar-refractivity contribution < 1.29 is 9.84 Å². The van der Waals surface area contributed by atoms with Crippen molar-refractivity contribution in [2.45, 2.75) is 12.4 Å². The highest BCUT2D eigenvalue weighted by molar-refractivity contribution is 7.99. The van der Waals surface area contributed by atoms with E-state index in [1.54, 1.807) is 0 Å². The second kappa shape index (κ2) is 9.20. The number of hydrogen-bond acceptors (Lipinski definition) is 6. The summed E-state index contributed by atoms with van der Waals surface area (Å²) in [4.78, 5) is 15.9. The average Bonchev–Trinajstić information content (AvgIpc) is 2.73. The SMILES string of the molecule is CC1OCCS1.CO.Nc1ccnc(=O)[nH]1. The Morgan fingerprint density at radius 2 is 2.38 bits per heavy atom. The molecule has 2 rings (SSSR count). The molecule has 0 spiro atoms. The van der Waals surface area contributed by atoms with Gasteiger partial charge in [-0.25, -0.2) is 9.78 Å². The highest BCUT2D eigenvalue weighted by Crippen LogP contribution is 2.17. The summed E-state index contributed by atoms with van der Waals surface area (Å²) in [5.74, 6) is 1.52. The first-order valence-corrected chi connectivity index (χ1v) is 5.72. The molecule has 1 saturated heterocycles. The van der Waals surface area contributed by atoms with Crippen LogP contribution in [-0.4, -0.2) is 40.0 Å². The summed E-state index contributed by atoms with van der Waals surface area (Å²) in [6.45, 7) is 3.03. The lowest BCUT2D eigenvalue weighted by Crippen LogP contribution is -2.10. The zero-order chi connectivity index (χ0) is 12.4. The van der Waals surface area contributed by atoms with Crippen LogP contribution in [0.2, 0.25) is 0 Å². The molecule has 1 unspecified atom stereocenters. The van der Waals surface area contributed by atoms with Crippen molar-refractivity contribution in [2.24, 2.45) is 0 Å². The van der Waals surface area contributed by atoms with E-state index in [-0.39, 0.29) is 0 Å². The van der Waals surface area contributed by atoms with Gasteiger partial charge in [-0.3, -0.25) is 4.98 Å². The molecule has 7 heteroatoms. The smallest absolute Gasteiger partial charge is 0.346 e. The summed E-state index contributed by atoms with van der Waals surface area (Å²) < 4.78 is 5.12. The number of nitrogen functional groups attached to an aromatic ring is 1. The fourth-order valence-corrected chi connectivity index (χ4v) is 1.58. The summed E-state index contributed by atoms with van der Waals surface area (Å²) in [5, 5.41) is 7.00. The van der Waals surface area contributed by atoms with Gasteiger partial charge in [-0.05, 0) is 13.0 Å². The zero-order valence-electron chi connectivity index (χ0n) is 9.34. The van der Waals surface area contributed by atoms with Gasteiger partial charge >= 0.3 is 5.69 Å². The number of nitrogens with one attached hydrogen (secondary N) is 1. The lowest BCUT2D eigenvalue weighted by molar-refractivity contribution is 0.156. The molecule has 92 valence electrons. The Morgan fingerprint density at radius 1 is 1.69 bits per heavy atom. The molecule has 4 N–H and O–H groups in total. The second-order valence-corrected chi connectivity index (χ2v) is 4.04. The number of ether oxygens (including phenoxy) is 1. The number of aromatic amines is 1. The van der Waals surface area contributed by atoms with Gasteiger partial charge in [0.15, 0.2) is 0 Å². The fourth-order valence-electron chi connectivity index (χ4n) is 0.859. The number of nitrogens with zero attached hydrogens (tertiary/aromatic N) is 1. The van der Waals surface area contributed by atoms with Gasteiger partial charge in [-0.1, -0.05) is 0 Å². The Balaban J connectivity index is 0.000000251. The van der Waals surface area contributed by atoms with Gasteiger partial charge in [-0.2, -0.15) is 0 Å². The minimum absolute atomic E-state index is 0.338. The van der Waals surface area contributed by atoms with E-state index in [0.717, 1.165) is 13.7 Å². The number of anilines is 1. The predicted octanol–water partition coefficient (Wildman–Crippen LogP) is 0.0564. The number of H-pyrrole nitrogens is 1. The first kappa shape index (κ1) is 14.9. The maximum absolute atomic E-state index is 10.2. The third-order valence-electron chi connectivity index (χ3n) is 1.49. The molecule has 1 fully saturated rings. The van der Waals surface area contributed by atoms with E-state index < -0.39 is 5.69 Å². The third kappa shape index (κ3) is 7.27. The fraction of sp³-hybridized carbons (Fsp3) is 0.556. The van der Waals surface area contributed by atoms with Crippen molar-refractivity contribution in [3.05, 3.63) is 22.7 Å². The molecule has 0 saturated carbocycles. The van der Waals surface area contributed by atoms with Gasteiger partial charge in [-0.15, -0.1) is 11.8 Å². The Hall–Kier alpha value is -1.05. The molecule has 16 heavy (non-hydrogen) atoms. The summed E-state index contributed by atoms with van der Waals surface area (Å²) in [6.07, 6.45) is 1.36. The summed E-state index contributed by atoms with van der Waals surface area (Å²) >= 11 is 1.87. The molecule has 1 atom stereocenters. The van der Waals surface area contributed by atoms with Crippen molar-refractivity contribution in [3.63, 3.8) is 0 Å². The van der Waals surface area contributed by atoms with E-state index in [4.69, 9.17) is 15.6 Å². The molecule has 1 aliphatic rings. The van der Waals surface area contributed by atoms with Crippen LogP contribution in [0.4, 0.5) is 5.82 Å². The molecule has 0 bridgehead atoms. The lowest BCUT2D eigenvalue weighted by atomic mass is 10.6. The molecule has 2 heterocycles. The van der Waals surface area contributed by atoms with Crippen LogP contribution in [0.25, 0.3) is 0 Å². The maximum Gasteiger partial charge on any atom is 0.346 e. The minimum Gasteiger partial charge on any atom is -0.400 e. The monoisotopic (exact) mass is 247 g/mol. The van der Waals surface area contributed by atoms with Gasteiger partial charge in [0.05, 0.1) is 6.61 Å². The van der Waals surface area contributed by atoms with Crippen molar-refractivity contribution in [3.8, 4) is 0 Å². The zero-order valence-corrected chi connectivity index (χ0v) is 10.2. The van der Waals surface area contributed by atoms with E-state index in [2.05, 4.69) is 16.9 Å². The highest BCUT2D eigenvalue weighted by atomic mass is 32.2. The van der Waals surface area contributed by atoms with Crippen molar-refractivity contribution >= 4 is 17.6 Å². The number of aliphatic hydroxyl groups is 1. The first-order chi connectivity index (χ1) is 7.68. The van der Waals surface area contributed by atoms with Crippen LogP contribution >= 0.6 is 11.8 Å². The normalized spacial score (nSPS) is 17.8. The van der Waals surface area contributed by atoms with Crippen molar-refractivity contribution in [1.82, 2.24) is 9.97 Å². The molecule has 0 aromatic carbocycles. The Morgan fingerprint density at radius 3 is 2.62 bits per heavy atom. The van der Waals surface area contributed by atoms with Gasteiger partial charge in [0.2, 0.25) is 0 Å². The average molecular weight is 247 g/mol. The van der Waals surface area contributed by atoms with Gasteiger partial charge < -0.3 is 15.6 Å². The predicted molar refractivity (Wildman–Crippen MR) is 65.3 cm³/mol. The molecule has 0 aliphatic carbocycles. The summed E-state index contributed by atoms with van der Waals surface area (Å²) in [6, 6.07) is 1.52. The number of aliphatic hydroxyl groups excluding tert-OH is 1. The van der Waals surface area contributed by atoms with Crippen LogP contribution in [0, 0.1) is 0 Å². The van der Waals surface area contributed by atoms with Crippen LogP contribution < -0.4 is 11.4 Å². The number of rotatable bonds is 0. The lowest BCUT2D eigenvalue weighted by Gasteiger charge is -1.93. The van der Waals surface area contributed by atoms with Crippen LogP contribution in [0.3, 0.4) is 0 Å². The maximum atomic E-state index is 10.2. The number of thioether (sulfide) groups is 1. The van der Waals surface area contributed by atoms with Gasteiger partial charge in [0.1, 0.15) is 11.3 Å². The van der Waals surface area contributed by atoms with E-state index >= 15 is 0 Å². The molecule has 1 aliphatic heterocycles. The summed E-state index contributed by atoms with van der Waals surface area (Å²) in [7, 11) is 1.00. The minimum atomic E-state index is -0.412. The number of aromatic nitrogens is 2. The van der Waals surface area contributed by atoms with E-state index in [9.17, 15) is 4.79 Å². The molecule has 0 amide bonds. The van der Waals surface area contributed by atoms with Crippen LogP contribution in [0.5, 0.6) is 0 Å². The topological polar surface area (TPSA) is 101 Å². The Bertz CT molecular complexity index is 326. The summed E-state index contributed by atoms with van der Waals surface area (Å²) in [5.41, 5.74) is 5.21. The van der Waals surface area contributed by atoms with Crippen molar-refractivity contribution in [1.29, 1.82) is 0 Å². The molecule has 0 radical (unpaired) electrons. The molecular formula is C9H17N3O3S. The Labute approximate surface area is 98.2 Å². The van der Waals surface area contributed by atoms with Gasteiger partial charge in [0.25, 0.3) is 0 Å². The van der Waals surface area contributed by atoms with Crippen LogP contribution in [0.15, 0.2) is 17.1 Å². The van der Waals surface area contributed by atoms with E-state index in [1.165, 1.54) is 18.0 Å². The second-order valence-electron chi connectivity index (χ2n) is 2.64. The number of nitrogens with two attached hydrogens (primary N) is 1. The molecular weight excluding hydrogens is 230 g/mol. The van der Waals surface area contributed by atoms with E-state index in [0.29, 0.717) is 11.3 Å². The van der Waals surface area contributed by atoms with E-state index in [1.807, 2.05) is 11.8 Å². The largest absolute Gasteiger partial charge is 0.400 e. The molecule has 1 aromatic rings. The first-order valence-electron chi connectivity index (χ1n) is 4.67. The van der Waals surface area contributed by atoms with Gasteiger partial charge in [0, 0.05) is 19.1 Å². The quantitative estimate of drug-likeness (QED) is 0.599. The Kier molecular flexibility index (Phi) is 8.59. The van der Waals surface area contributed by atoms with Crippen molar-refractivity contribution in [2.75, 3.05) is 25.2 Å². The number of hydrogen-bond donors (Lipinski definition) is 3. The molecule has 1 aromatic heterocycles. The molecule has 6 nitrogen and oxygen atoms in total. The van der Waals surface area contributed by atoms with Crippen LogP contribution in [-0.2, 0) is 4.74 Å². The van der Waals surface area contributed by atoms with Crippen LogP contribution in [0.1, 0.15) is 6.92 Å². The third-order valence-corrected chi connectivity index (χ3v) is 2.49.